The first-order chi connectivity index (χ1) is 7.55. The van der Waals surface area contributed by atoms with Crippen molar-refractivity contribution in [2.24, 2.45) is 5.92 Å². The van der Waals surface area contributed by atoms with Gasteiger partial charge in [0.1, 0.15) is 0 Å². The zero-order valence-corrected chi connectivity index (χ0v) is 10.2. The highest BCUT2D eigenvalue weighted by molar-refractivity contribution is 7.91. The molecule has 0 unspecified atom stereocenters. The summed E-state index contributed by atoms with van der Waals surface area (Å²) in [7, 11) is -2.90. The summed E-state index contributed by atoms with van der Waals surface area (Å²) in [6.45, 7) is 0. The standard InChI is InChI=1S/C9H12N2O3S2/c12-8(11-9-10-2-3-15-9)5-7-1-4-16(13,14)6-7/h2-3,7H,1,4-6H2,(H,10,11,12)/t7-/m1/s1. The van der Waals surface area contributed by atoms with Crippen LogP contribution in [0, 0.1) is 5.92 Å². The van der Waals surface area contributed by atoms with E-state index in [2.05, 4.69) is 10.3 Å². The van der Waals surface area contributed by atoms with Gasteiger partial charge in [0.2, 0.25) is 5.91 Å². The van der Waals surface area contributed by atoms with Gasteiger partial charge in [-0.3, -0.25) is 4.79 Å². The summed E-state index contributed by atoms with van der Waals surface area (Å²) >= 11 is 1.35. The maximum Gasteiger partial charge on any atom is 0.226 e. The van der Waals surface area contributed by atoms with E-state index in [-0.39, 0.29) is 29.8 Å². The molecule has 88 valence electrons. The van der Waals surface area contributed by atoms with Crippen molar-refractivity contribution >= 4 is 32.2 Å². The molecule has 2 rings (SSSR count). The van der Waals surface area contributed by atoms with Gasteiger partial charge >= 0.3 is 0 Å². The number of amides is 1. The average molecular weight is 260 g/mol. The maximum atomic E-state index is 11.5. The van der Waals surface area contributed by atoms with E-state index in [1.165, 1.54) is 11.3 Å². The summed E-state index contributed by atoms with van der Waals surface area (Å²) in [5.74, 6) is 0.155. The molecule has 1 aromatic heterocycles. The van der Waals surface area contributed by atoms with Crippen LogP contribution in [-0.4, -0.2) is 30.8 Å². The molecule has 7 heteroatoms. The normalized spacial score (nSPS) is 23.1. The molecule has 1 saturated heterocycles. The predicted molar refractivity (Wildman–Crippen MR) is 62.1 cm³/mol. The molecule has 0 aliphatic carbocycles. The molecule has 5 nitrogen and oxygen atoms in total. The third kappa shape index (κ3) is 3.02. The van der Waals surface area contributed by atoms with Crippen molar-refractivity contribution in [1.82, 2.24) is 4.98 Å². The Morgan fingerprint density at radius 2 is 2.44 bits per heavy atom. The lowest BCUT2D eigenvalue weighted by Gasteiger charge is -2.06. The first kappa shape index (κ1) is 11.5. The average Bonchev–Trinajstić information content (AvgIpc) is 2.76. The number of sulfone groups is 1. The van der Waals surface area contributed by atoms with Crippen LogP contribution in [-0.2, 0) is 14.6 Å². The number of hydrogen-bond acceptors (Lipinski definition) is 5. The lowest BCUT2D eigenvalue weighted by Crippen LogP contribution is -2.17. The van der Waals surface area contributed by atoms with E-state index in [0.29, 0.717) is 11.6 Å². The summed E-state index contributed by atoms with van der Waals surface area (Å²) in [6.07, 6.45) is 2.47. The Morgan fingerprint density at radius 1 is 1.62 bits per heavy atom. The van der Waals surface area contributed by atoms with Crippen molar-refractivity contribution in [2.45, 2.75) is 12.8 Å². The predicted octanol–water partition coefficient (Wildman–Crippen LogP) is 0.906. The highest BCUT2D eigenvalue weighted by Gasteiger charge is 2.29. The van der Waals surface area contributed by atoms with Crippen LogP contribution >= 0.6 is 11.3 Å². The van der Waals surface area contributed by atoms with E-state index in [1.807, 2.05) is 0 Å². The monoisotopic (exact) mass is 260 g/mol. The molecular formula is C9H12N2O3S2. The van der Waals surface area contributed by atoms with Crippen LogP contribution in [0.3, 0.4) is 0 Å². The Kier molecular flexibility index (Phi) is 3.25. The zero-order chi connectivity index (χ0) is 11.6. The Labute approximate surface area is 97.8 Å². The quantitative estimate of drug-likeness (QED) is 0.876. The molecule has 1 fully saturated rings. The molecule has 1 amide bonds. The molecular weight excluding hydrogens is 248 g/mol. The molecule has 1 atom stereocenters. The van der Waals surface area contributed by atoms with Gasteiger partial charge in [-0.2, -0.15) is 0 Å². The molecule has 1 N–H and O–H groups in total. The summed E-state index contributed by atoms with van der Waals surface area (Å²) in [6, 6.07) is 0. The molecule has 0 spiro atoms. The molecule has 2 heterocycles. The van der Waals surface area contributed by atoms with Crippen LogP contribution in [0.5, 0.6) is 0 Å². The topological polar surface area (TPSA) is 76.1 Å². The van der Waals surface area contributed by atoms with E-state index < -0.39 is 9.84 Å². The fourth-order valence-electron chi connectivity index (χ4n) is 1.75. The SMILES string of the molecule is O=C(C[C@H]1CCS(=O)(=O)C1)Nc1nccs1. The van der Waals surface area contributed by atoms with E-state index >= 15 is 0 Å². The van der Waals surface area contributed by atoms with Gasteiger partial charge in [0, 0.05) is 18.0 Å². The van der Waals surface area contributed by atoms with Crippen molar-refractivity contribution < 1.29 is 13.2 Å². The fraction of sp³-hybridized carbons (Fsp3) is 0.556. The molecule has 1 aromatic rings. The maximum absolute atomic E-state index is 11.5. The minimum atomic E-state index is -2.90. The second kappa shape index (κ2) is 4.50. The Balaban J connectivity index is 1.85. The highest BCUT2D eigenvalue weighted by Crippen LogP contribution is 2.22. The van der Waals surface area contributed by atoms with Crippen molar-refractivity contribution in [3.63, 3.8) is 0 Å². The van der Waals surface area contributed by atoms with Gasteiger partial charge in [-0.15, -0.1) is 11.3 Å². The van der Waals surface area contributed by atoms with Gasteiger partial charge in [0.05, 0.1) is 11.5 Å². The molecule has 0 radical (unpaired) electrons. The number of aromatic nitrogens is 1. The Morgan fingerprint density at radius 3 is 3.00 bits per heavy atom. The van der Waals surface area contributed by atoms with Crippen molar-refractivity contribution in [2.75, 3.05) is 16.8 Å². The first-order valence-corrected chi connectivity index (χ1v) is 7.65. The van der Waals surface area contributed by atoms with Crippen LogP contribution in [0.4, 0.5) is 5.13 Å². The second-order valence-electron chi connectivity index (χ2n) is 3.86. The van der Waals surface area contributed by atoms with Crippen molar-refractivity contribution in [3.05, 3.63) is 11.6 Å². The lowest BCUT2D eigenvalue weighted by molar-refractivity contribution is -0.116. The van der Waals surface area contributed by atoms with Gasteiger partial charge in [-0.05, 0) is 12.3 Å². The van der Waals surface area contributed by atoms with Crippen LogP contribution in [0.1, 0.15) is 12.8 Å². The zero-order valence-electron chi connectivity index (χ0n) is 8.55. The van der Waals surface area contributed by atoms with E-state index in [0.717, 1.165) is 0 Å². The number of thiazole rings is 1. The fourth-order valence-corrected chi connectivity index (χ4v) is 4.16. The molecule has 16 heavy (non-hydrogen) atoms. The van der Waals surface area contributed by atoms with Gasteiger partial charge in [-0.1, -0.05) is 0 Å². The highest BCUT2D eigenvalue weighted by atomic mass is 32.2. The number of carbonyl (C=O) groups excluding carboxylic acids is 1. The third-order valence-electron chi connectivity index (χ3n) is 2.48. The van der Waals surface area contributed by atoms with Gasteiger partial charge in [0.25, 0.3) is 0 Å². The second-order valence-corrected chi connectivity index (χ2v) is 6.98. The number of rotatable bonds is 3. The minimum Gasteiger partial charge on any atom is -0.302 e. The Bertz CT molecular complexity index is 467. The number of carbonyl (C=O) groups is 1. The summed E-state index contributed by atoms with van der Waals surface area (Å²) in [5.41, 5.74) is 0. The molecule has 0 bridgehead atoms. The van der Waals surface area contributed by atoms with Crippen LogP contribution in [0.15, 0.2) is 11.6 Å². The largest absolute Gasteiger partial charge is 0.302 e. The molecule has 0 aromatic carbocycles. The molecule has 1 aliphatic rings. The van der Waals surface area contributed by atoms with Gasteiger partial charge < -0.3 is 5.32 Å². The van der Waals surface area contributed by atoms with Crippen LogP contribution < -0.4 is 5.32 Å². The van der Waals surface area contributed by atoms with Crippen LogP contribution in [0.2, 0.25) is 0 Å². The van der Waals surface area contributed by atoms with Crippen molar-refractivity contribution in [1.29, 1.82) is 0 Å². The van der Waals surface area contributed by atoms with E-state index in [9.17, 15) is 13.2 Å². The summed E-state index contributed by atoms with van der Waals surface area (Å²) < 4.78 is 22.4. The smallest absolute Gasteiger partial charge is 0.226 e. The van der Waals surface area contributed by atoms with E-state index in [4.69, 9.17) is 0 Å². The molecule has 0 saturated carbocycles. The van der Waals surface area contributed by atoms with E-state index in [1.54, 1.807) is 11.6 Å². The van der Waals surface area contributed by atoms with Gasteiger partial charge in [0.15, 0.2) is 15.0 Å². The molecule has 1 aliphatic heterocycles. The number of anilines is 1. The minimum absolute atomic E-state index is 0.0371. The van der Waals surface area contributed by atoms with Crippen molar-refractivity contribution in [3.8, 4) is 0 Å². The third-order valence-corrected chi connectivity index (χ3v) is 5.00. The number of nitrogens with one attached hydrogen (secondary N) is 1. The lowest BCUT2D eigenvalue weighted by atomic mass is 10.1. The summed E-state index contributed by atoms with van der Waals surface area (Å²) in [5, 5.41) is 4.98. The first-order valence-electron chi connectivity index (χ1n) is 4.95. The number of nitrogens with zero attached hydrogens (tertiary/aromatic N) is 1. The number of hydrogen-bond donors (Lipinski definition) is 1. The Hall–Kier alpha value is -0.950. The summed E-state index contributed by atoms with van der Waals surface area (Å²) in [4.78, 5) is 15.5. The van der Waals surface area contributed by atoms with Gasteiger partial charge in [-0.25, -0.2) is 13.4 Å². The van der Waals surface area contributed by atoms with Crippen LogP contribution in [0.25, 0.3) is 0 Å².